The highest BCUT2D eigenvalue weighted by atomic mass is 15.1. The normalized spacial score (nSPS) is 44.4. The molecule has 0 unspecified atom stereocenters. The van der Waals surface area contributed by atoms with Crippen LogP contribution in [0.3, 0.4) is 0 Å². The summed E-state index contributed by atoms with van der Waals surface area (Å²) >= 11 is 0. The molecule has 2 aliphatic rings. The SMILES string of the molecule is C[C@H]1C=C[C@H]2CN(C)C[C@@H]2C1. The van der Waals surface area contributed by atoms with E-state index in [0.29, 0.717) is 0 Å². The van der Waals surface area contributed by atoms with Crippen LogP contribution in [-0.2, 0) is 0 Å². The van der Waals surface area contributed by atoms with E-state index < -0.39 is 0 Å². The van der Waals surface area contributed by atoms with Gasteiger partial charge in [0.15, 0.2) is 0 Å². The molecular weight excluding hydrogens is 134 g/mol. The summed E-state index contributed by atoms with van der Waals surface area (Å²) in [6, 6.07) is 0. The smallest absolute Gasteiger partial charge is 0.00446 e. The van der Waals surface area contributed by atoms with E-state index in [1.165, 1.54) is 19.5 Å². The van der Waals surface area contributed by atoms with Crippen LogP contribution < -0.4 is 0 Å². The van der Waals surface area contributed by atoms with E-state index in [4.69, 9.17) is 0 Å². The Kier molecular flexibility index (Phi) is 1.76. The predicted octanol–water partition coefficient (Wildman–Crippen LogP) is 1.76. The van der Waals surface area contributed by atoms with Crippen molar-refractivity contribution < 1.29 is 0 Å². The minimum absolute atomic E-state index is 0.822. The molecule has 0 radical (unpaired) electrons. The van der Waals surface area contributed by atoms with Crippen molar-refractivity contribution in [1.29, 1.82) is 0 Å². The van der Waals surface area contributed by atoms with Gasteiger partial charge in [-0.05, 0) is 31.2 Å². The van der Waals surface area contributed by atoms with Gasteiger partial charge in [0.25, 0.3) is 0 Å². The summed E-state index contributed by atoms with van der Waals surface area (Å²) in [6.07, 6.45) is 6.23. The molecule has 1 saturated heterocycles. The first kappa shape index (κ1) is 7.35. The second-order valence-electron chi connectivity index (χ2n) is 4.24. The van der Waals surface area contributed by atoms with Crippen molar-refractivity contribution in [2.24, 2.45) is 17.8 Å². The number of fused-ring (bicyclic) bond motifs is 1. The lowest BCUT2D eigenvalue weighted by molar-refractivity contribution is 0.363. The number of allylic oxidation sites excluding steroid dienone is 1. The van der Waals surface area contributed by atoms with Gasteiger partial charge in [-0.3, -0.25) is 0 Å². The van der Waals surface area contributed by atoms with Crippen LogP contribution in [0.4, 0.5) is 0 Å². The maximum absolute atomic E-state index is 2.46. The topological polar surface area (TPSA) is 3.24 Å². The number of nitrogens with zero attached hydrogens (tertiary/aromatic N) is 1. The highest BCUT2D eigenvalue weighted by Gasteiger charge is 2.31. The lowest BCUT2D eigenvalue weighted by Crippen LogP contribution is -2.17. The first-order valence-corrected chi connectivity index (χ1v) is 4.62. The van der Waals surface area contributed by atoms with Gasteiger partial charge in [-0.2, -0.15) is 0 Å². The van der Waals surface area contributed by atoms with Crippen molar-refractivity contribution in [2.45, 2.75) is 13.3 Å². The van der Waals surface area contributed by atoms with Crippen molar-refractivity contribution in [3.8, 4) is 0 Å². The second kappa shape index (κ2) is 2.63. The highest BCUT2D eigenvalue weighted by molar-refractivity contribution is 5.04. The van der Waals surface area contributed by atoms with E-state index in [9.17, 15) is 0 Å². The monoisotopic (exact) mass is 151 g/mol. The van der Waals surface area contributed by atoms with Crippen molar-refractivity contribution in [2.75, 3.05) is 20.1 Å². The number of hydrogen-bond acceptors (Lipinski definition) is 1. The van der Waals surface area contributed by atoms with Crippen LogP contribution >= 0.6 is 0 Å². The summed E-state index contributed by atoms with van der Waals surface area (Å²) in [5.74, 6) is 2.65. The molecule has 0 amide bonds. The zero-order valence-electron chi connectivity index (χ0n) is 7.46. The minimum atomic E-state index is 0.822. The van der Waals surface area contributed by atoms with Crippen LogP contribution in [-0.4, -0.2) is 25.0 Å². The average molecular weight is 151 g/mol. The average Bonchev–Trinajstić information content (AvgIpc) is 2.27. The van der Waals surface area contributed by atoms with Gasteiger partial charge in [0.2, 0.25) is 0 Å². The predicted molar refractivity (Wildman–Crippen MR) is 47.4 cm³/mol. The zero-order chi connectivity index (χ0) is 7.84. The standard InChI is InChI=1S/C10H17N/c1-8-3-4-9-6-11(2)7-10(9)5-8/h3-4,8-10H,5-7H2,1-2H3/t8-,9-,10-/m0/s1. The molecule has 62 valence electrons. The molecule has 1 nitrogen and oxygen atoms in total. The highest BCUT2D eigenvalue weighted by Crippen LogP contribution is 2.33. The quantitative estimate of drug-likeness (QED) is 0.477. The van der Waals surface area contributed by atoms with Gasteiger partial charge in [-0.1, -0.05) is 19.1 Å². The number of likely N-dealkylation sites (tertiary alicyclic amines) is 1. The maximum Gasteiger partial charge on any atom is 0.00446 e. The molecule has 1 heteroatoms. The van der Waals surface area contributed by atoms with Gasteiger partial charge in [0.1, 0.15) is 0 Å². The van der Waals surface area contributed by atoms with Crippen LogP contribution in [0, 0.1) is 17.8 Å². The lowest BCUT2D eigenvalue weighted by Gasteiger charge is -2.22. The molecule has 0 aromatic carbocycles. The lowest BCUT2D eigenvalue weighted by atomic mass is 9.82. The van der Waals surface area contributed by atoms with Crippen LogP contribution in [0.5, 0.6) is 0 Å². The summed E-state index contributed by atoms with van der Waals surface area (Å²) in [7, 11) is 2.23. The molecule has 0 aromatic heterocycles. The minimum Gasteiger partial charge on any atom is -0.305 e. The molecular formula is C10H17N. The van der Waals surface area contributed by atoms with E-state index >= 15 is 0 Å². The fourth-order valence-corrected chi connectivity index (χ4v) is 2.48. The second-order valence-corrected chi connectivity index (χ2v) is 4.24. The molecule has 0 spiro atoms. The van der Waals surface area contributed by atoms with Crippen LogP contribution in [0.2, 0.25) is 0 Å². The molecule has 1 aliphatic carbocycles. The Hall–Kier alpha value is -0.300. The Labute approximate surface area is 69.1 Å². The molecule has 1 fully saturated rings. The molecule has 0 N–H and O–H groups in total. The summed E-state index contributed by atoms with van der Waals surface area (Å²) in [5, 5.41) is 0. The van der Waals surface area contributed by atoms with Crippen LogP contribution in [0.25, 0.3) is 0 Å². The van der Waals surface area contributed by atoms with Gasteiger partial charge >= 0.3 is 0 Å². The third-order valence-electron chi connectivity index (χ3n) is 3.04. The molecule has 3 atom stereocenters. The maximum atomic E-state index is 2.46. The fraction of sp³-hybridized carbons (Fsp3) is 0.800. The molecule has 1 aliphatic heterocycles. The van der Waals surface area contributed by atoms with Gasteiger partial charge in [-0.15, -0.1) is 0 Å². The van der Waals surface area contributed by atoms with E-state index in [2.05, 4.69) is 31.0 Å². The first-order chi connectivity index (χ1) is 5.25. The van der Waals surface area contributed by atoms with Crippen molar-refractivity contribution in [3.63, 3.8) is 0 Å². The van der Waals surface area contributed by atoms with Crippen molar-refractivity contribution >= 4 is 0 Å². The van der Waals surface area contributed by atoms with Crippen molar-refractivity contribution in [1.82, 2.24) is 4.90 Å². The number of rotatable bonds is 0. The van der Waals surface area contributed by atoms with Gasteiger partial charge in [-0.25, -0.2) is 0 Å². The van der Waals surface area contributed by atoms with E-state index in [-0.39, 0.29) is 0 Å². The van der Waals surface area contributed by atoms with E-state index in [1.54, 1.807) is 0 Å². The van der Waals surface area contributed by atoms with E-state index in [0.717, 1.165) is 17.8 Å². The largest absolute Gasteiger partial charge is 0.305 e. The summed E-state index contributed by atoms with van der Waals surface area (Å²) in [4.78, 5) is 2.46. The zero-order valence-corrected chi connectivity index (χ0v) is 7.46. The van der Waals surface area contributed by atoms with E-state index in [1.807, 2.05) is 0 Å². The molecule has 2 rings (SSSR count). The Morgan fingerprint density at radius 2 is 2.09 bits per heavy atom. The first-order valence-electron chi connectivity index (χ1n) is 4.62. The molecule has 1 heterocycles. The number of hydrogen-bond donors (Lipinski definition) is 0. The molecule has 0 bridgehead atoms. The fourth-order valence-electron chi connectivity index (χ4n) is 2.48. The Bertz CT molecular complexity index is 174. The van der Waals surface area contributed by atoms with Gasteiger partial charge in [0.05, 0.1) is 0 Å². The summed E-state index contributed by atoms with van der Waals surface area (Å²) in [6.45, 7) is 4.93. The van der Waals surface area contributed by atoms with Gasteiger partial charge < -0.3 is 4.90 Å². The molecule has 11 heavy (non-hydrogen) atoms. The third kappa shape index (κ3) is 1.34. The molecule has 0 aromatic rings. The molecule has 0 saturated carbocycles. The van der Waals surface area contributed by atoms with Crippen molar-refractivity contribution in [3.05, 3.63) is 12.2 Å². The Balaban J connectivity index is 2.08. The van der Waals surface area contributed by atoms with Gasteiger partial charge in [0, 0.05) is 13.1 Å². The Morgan fingerprint density at radius 3 is 2.91 bits per heavy atom. The Morgan fingerprint density at radius 1 is 1.27 bits per heavy atom. The summed E-state index contributed by atoms with van der Waals surface area (Å²) < 4.78 is 0. The third-order valence-corrected chi connectivity index (χ3v) is 3.04. The van der Waals surface area contributed by atoms with Crippen LogP contribution in [0.15, 0.2) is 12.2 Å². The summed E-state index contributed by atoms with van der Waals surface area (Å²) in [5.41, 5.74) is 0. The van der Waals surface area contributed by atoms with Crippen LogP contribution in [0.1, 0.15) is 13.3 Å².